The van der Waals surface area contributed by atoms with Crippen LogP contribution in [0.1, 0.15) is 44.1 Å². The van der Waals surface area contributed by atoms with Gasteiger partial charge in [0.25, 0.3) is 11.8 Å². The van der Waals surface area contributed by atoms with Gasteiger partial charge in [-0.25, -0.2) is 18.9 Å². The lowest BCUT2D eigenvalue weighted by Gasteiger charge is -2.17. The van der Waals surface area contributed by atoms with Crippen molar-refractivity contribution in [3.63, 3.8) is 0 Å². The third kappa shape index (κ3) is 4.54. The molecule has 7 nitrogen and oxygen atoms in total. The number of hydrogen-bond acceptors (Lipinski definition) is 6. The third-order valence-corrected chi connectivity index (χ3v) is 6.48. The van der Waals surface area contributed by atoms with E-state index in [4.69, 9.17) is 27.9 Å². The number of benzene rings is 1. The minimum absolute atomic E-state index is 0.0919. The van der Waals surface area contributed by atoms with Crippen LogP contribution in [0.15, 0.2) is 28.3 Å². The number of carbonyl (C=O) groups is 4. The third-order valence-electron chi connectivity index (χ3n) is 5.89. The Hall–Kier alpha value is -2.71. The average Bonchev–Trinajstić information content (AvgIpc) is 3.61. The predicted octanol–water partition coefficient (Wildman–Crippen LogP) is 4.30. The highest BCUT2D eigenvalue weighted by Crippen LogP contribution is 2.39. The van der Waals surface area contributed by atoms with Gasteiger partial charge in [0.15, 0.2) is 0 Å². The smallest absolute Gasteiger partial charge is 0.350 e. The quantitative estimate of drug-likeness (QED) is 0.332. The number of rotatable bonds is 6. The van der Waals surface area contributed by atoms with Crippen LogP contribution >= 0.6 is 23.2 Å². The molecule has 10 heteroatoms. The fourth-order valence-corrected chi connectivity index (χ4v) is 4.38. The molecular formula is C23H20Cl2FNO6. The number of ether oxygens (including phenoxy) is 2. The fourth-order valence-electron chi connectivity index (χ4n) is 4.01. The molecule has 0 N–H and O–H groups in total. The predicted molar refractivity (Wildman–Crippen MR) is 118 cm³/mol. The summed E-state index contributed by atoms with van der Waals surface area (Å²) in [5.41, 5.74) is 0.640. The van der Waals surface area contributed by atoms with Crippen LogP contribution in [-0.4, -0.2) is 37.0 Å². The lowest BCUT2D eigenvalue weighted by Crippen LogP contribution is -2.32. The molecule has 0 spiro atoms. The summed E-state index contributed by atoms with van der Waals surface area (Å²) in [6, 6.07) is 2.12. The van der Waals surface area contributed by atoms with Crippen LogP contribution in [0.2, 0.25) is 5.02 Å². The Morgan fingerprint density at radius 3 is 2.30 bits per heavy atom. The van der Waals surface area contributed by atoms with Crippen LogP contribution in [0.3, 0.4) is 0 Å². The van der Waals surface area contributed by atoms with Crippen LogP contribution in [0, 0.1) is 11.7 Å². The Balaban J connectivity index is 1.60. The number of carbonyl (C=O) groups excluding carboxylic acids is 4. The van der Waals surface area contributed by atoms with Crippen molar-refractivity contribution in [2.24, 2.45) is 5.92 Å². The van der Waals surface area contributed by atoms with Crippen LogP contribution in [0.5, 0.6) is 0 Å². The van der Waals surface area contributed by atoms with E-state index in [0.29, 0.717) is 24.0 Å². The Kier molecular flexibility index (Phi) is 6.59. The van der Waals surface area contributed by atoms with Gasteiger partial charge in [0.2, 0.25) is 6.10 Å². The number of anilines is 1. The SMILES string of the molecule is COC(=O)C(OC(=O)/C(Cl)=C/c1cc(N2C(=O)C3=C(CCCC3)C2=O)c(F)cc1Cl)C1CC1. The highest BCUT2D eigenvalue weighted by molar-refractivity contribution is 6.44. The molecule has 4 rings (SSSR count). The maximum absolute atomic E-state index is 14.8. The molecule has 1 fully saturated rings. The van der Waals surface area contributed by atoms with Crippen molar-refractivity contribution in [1.82, 2.24) is 0 Å². The molecule has 0 saturated heterocycles. The van der Waals surface area contributed by atoms with Gasteiger partial charge in [0, 0.05) is 17.1 Å². The average molecular weight is 496 g/mol. The monoisotopic (exact) mass is 495 g/mol. The lowest BCUT2D eigenvalue weighted by atomic mass is 9.93. The second-order valence-electron chi connectivity index (χ2n) is 8.11. The summed E-state index contributed by atoms with van der Waals surface area (Å²) in [4.78, 5) is 50.7. The summed E-state index contributed by atoms with van der Waals surface area (Å²) in [7, 11) is 1.19. The number of imide groups is 1. The summed E-state index contributed by atoms with van der Waals surface area (Å²) in [5.74, 6) is -3.76. The van der Waals surface area contributed by atoms with E-state index in [0.717, 1.165) is 42.7 Å². The number of nitrogens with zero attached hydrogens (tertiary/aromatic N) is 1. The van der Waals surface area contributed by atoms with E-state index in [-0.39, 0.29) is 22.2 Å². The molecule has 174 valence electrons. The maximum Gasteiger partial charge on any atom is 0.350 e. The topological polar surface area (TPSA) is 90.0 Å². The van der Waals surface area contributed by atoms with Crippen LogP contribution < -0.4 is 4.90 Å². The van der Waals surface area contributed by atoms with Gasteiger partial charge in [-0.15, -0.1) is 0 Å². The zero-order valence-corrected chi connectivity index (χ0v) is 19.2. The van der Waals surface area contributed by atoms with Crippen molar-refractivity contribution >= 4 is 58.7 Å². The van der Waals surface area contributed by atoms with Gasteiger partial charge in [-0.3, -0.25) is 9.59 Å². The highest BCUT2D eigenvalue weighted by atomic mass is 35.5. The first-order valence-electron chi connectivity index (χ1n) is 10.5. The van der Waals surface area contributed by atoms with Crippen molar-refractivity contribution in [2.45, 2.75) is 44.6 Å². The van der Waals surface area contributed by atoms with Crippen LogP contribution in [0.25, 0.3) is 6.08 Å². The second-order valence-corrected chi connectivity index (χ2v) is 8.93. The molecule has 1 aromatic carbocycles. The van der Waals surface area contributed by atoms with Gasteiger partial charge >= 0.3 is 11.9 Å². The largest absolute Gasteiger partial charge is 0.466 e. The van der Waals surface area contributed by atoms with Crippen molar-refractivity contribution in [1.29, 1.82) is 0 Å². The molecule has 2 amide bonds. The van der Waals surface area contributed by atoms with Gasteiger partial charge in [-0.1, -0.05) is 23.2 Å². The van der Waals surface area contributed by atoms with Gasteiger partial charge in [-0.05, 0) is 62.3 Å². The van der Waals surface area contributed by atoms with E-state index in [1.54, 1.807) is 0 Å². The van der Waals surface area contributed by atoms with E-state index < -0.39 is 40.7 Å². The zero-order chi connectivity index (χ0) is 23.9. The zero-order valence-electron chi connectivity index (χ0n) is 17.7. The fraction of sp³-hybridized carbons (Fsp3) is 0.391. The summed E-state index contributed by atoms with van der Waals surface area (Å²) >= 11 is 12.2. The Bertz CT molecular complexity index is 1100. The molecule has 33 heavy (non-hydrogen) atoms. The first-order chi connectivity index (χ1) is 15.7. The van der Waals surface area contributed by atoms with E-state index in [9.17, 15) is 23.6 Å². The number of hydrogen-bond donors (Lipinski definition) is 0. The van der Waals surface area contributed by atoms with E-state index in [1.807, 2.05) is 0 Å². The van der Waals surface area contributed by atoms with Crippen molar-refractivity contribution in [3.05, 3.63) is 44.7 Å². The van der Waals surface area contributed by atoms with E-state index in [2.05, 4.69) is 4.74 Å². The first-order valence-corrected chi connectivity index (χ1v) is 11.2. The first kappa shape index (κ1) is 23.4. The second kappa shape index (κ2) is 9.27. The Labute approximate surface area is 199 Å². The Morgan fingerprint density at radius 1 is 1.15 bits per heavy atom. The summed E-state index contributed by atoms with van der Waals surface area (Å²) in [6.07, 6.45) is 4.02. The molecule has 1 aromatic rings. The van der Waals surface area contributed by atoms with Crippen molar-refractivity contribution < 1.29 is 33.0 Å². The van der Waals surface area contributed by atoms with Gasteiger partial charge in [0.05, 0.1) is 17.8 Å². The minimum Gasteiger partial charge on any atom is -0.466 e. The van der Waals surface area contributed by atoms with Crippen molar-refractivity contribution in [3.8, 4) is 0 Å². The standard InChI is InChI=1S/C23H20Cl2FNO6/c1-32-23(31)19(11-6-7-11)33-22(30)16(25)8-12-9-18(17(26)10-15(12)24)27-20(28)13-4-2-3-5-14(13)21(27)29/h8-11,19H,2-7H2,1H3/b16-8-. The maximum atomic E-state index is 14.8. The van der Waals surface area contributed by atoms with Crippen LogP contribution in [-0.2, 0) is 28.7 Å². The molecule has 1 aliphatic heterocycles. The minimum atomic E-state index is -1.07. The van der Waals surface area contributed by atoms with Gasteiger partial charge < -0.3 is 9.47 Å². The molecule has 1 heterocycles. The summed E-state index contributed by atoms with van der Waals surface area (Å²) in [5, 5.41) is -0.508. The molecule has 1 atom stereocenters. The van der Waals surface area contributed by atoms with Gasteiger partial charge in [-0.2, -0.15) is 0 Å². The van der Waals surface area contributed by atoms with Gasteiger partial charge in [0.1, 0.15) is 10.8 Å². The summed E-state index contributed by atoms with van der Waals surface area (Å²) < 4.78 is 24.6. The molecule has 1 unspecified atom stereocenters. The number of amides is 2. The molecule has 1 saturated carbocycles. The normalized spacial score (nSPS) is 19.5. The summed E-state index contributed by atoms with van der Waals surface area (Å²) in [6.45, 7) is 0. The lowest BCUT2D eigenvalue weighted by molar-refractivity contribution is -0.164. The highest BCUT2D eigenvalue weighted by Gasteiger charge is 2.42. The molecule has 0 aromatic heterocycles. The van der Waals surface area contributed by atoms with Crippen molar-refractivity contribution in [2.75, 3.05) is 12.0 Å². The number of halogens is 3. The van der Waals surface area contributed by atoms with E-state index in [1.165, 1.54) is 13.2 Å². The van der Waals surface area contributed by atoms with E-state index >= 15 is 0 Å². The van der Waals surface area contributed by atoms with Crippen LogP contribution in [0.4, 0.5) is 10.1 Å². The number of esters is 2. The number of methoxy groups -OCH3 is 1. The molecule has 3 aliphatic rings. The Morgan fingerprint density at radius 2 is 1.76 bits per heavy atom. The molecule has 2 aliphatic carbocycles. The molecule has 0 bridgehead atoms. The molecular weight excluding hydrogens is 476 g/mol. The molecule has 0 radical (unpaired) electrons.